The van der Waals surface area contributed by atoms with E-state index < -0.39 is 17.1 Å². The minimum Gasteiger partial charge on any atom is -0.484 e. The number of nitrogens with one attached hydrogen (secondary N) is 1. The third-order valence-corrected chi connectivity index (χ3v) is 6.56. The van der Waals surface area contributed by atoms with Crippen LogP contribution < -0.4 is 15.5 Å². The fraction of sp³-hybridized carbons (Fsp3) is 0.320. The maximum absolute atomic E-state index is 13.6. The molecule has 0 atom stereocenters. The van der Waals surface area contributed by atoms with Crippen LogP contribution in [0.5, 0.6) is 5.75 Å². The van der Waals surface area contributed by atoms with E-state index >= 15 is 0 Å². The van der Waals surface area contributed by atoms with Crippen LogP contribution in [0.1, 0.15) is 41.8 Å². The molecule has 0 aliphatic heterocycles. The zero-order valence-electron chi connectivity index (χ0n) is 17.9. The number of aryl methyl sites for hydroxylation is 1. The van der Waals surface area contributed by atoms with E-state index in [1.807, 2.05) is 0 Å². The van der Waals surface area contributed by atoms with Gasteiger partial charge in [0.25, 0.3) is 5.91 Å². The Morgan fingerprint density at radius 3 is 2.58 bits per heavy atom. The molecular formula is C25H21F2NO5. The van der Waals surface area contributed by atoms with E-state index in [1.165, 1.54) is 18.2 Å². The molecule has 6 rings (SSSR count). The average Bonchev–Trinajstić information content (AvgIpc) is 2.71. The van der Waals surface area contributed by atoms with Crippen molar-refractivity contribution in [2.75, 3.05) is 6.61 Å². The van der Waals surface area contributed by atoms with E-state index in [2.05, 4.69) is 5.32 Å². The molecule has 1 heterocycles. The van der Waals surface area contributed by atoms with Gasteiger partial charge in [-0.15, -0.1) is 0 Å². The molecule has 0 saturated heterocycles. The van der Waals surface area contributed by atoms with Crippen molar-refractivity contribution in [3.63, 3.8) is 0 Å². The van der Waals surface area contributed by atoms with Crippen molar-refractivity contribution < 1.29 is 27.5 Å². The molecule has 3 aromatic rings. The van der Waals surface area contributed by atoms with Crippen molar-refractivity contribution in [2.45, 2.75) is 38.1 Å². The first-order chi connectivity index (χ1) is 15.7. The quantitative estimate of drug-likeness (QED) is 0.545. The fourth-order valence-corrected chi connectivity index (χ4v) is 5.16. The number of halogens is 2. The molecule has 170 valence electrons. The number of carbonyl (C=O) groups is 2. The summed E-state index contributed by atoms with van der Waals surface area (Å²) in [6, 6.07) is 9.16. The highest BCUT2D eigenvalue weighted by Gasteiger charge is 2.68. The molecule has 0 radical (unpaired) electrons. The number of rotatable bonds is 7. The number of ketones is 1. The van der Waals surface area contributed by atoms with Crippen LogP contribution in [0.2, 0.25) is 0 Å². The maximum Gasteiger partial charge on any atom is 0.258 e. The van der Waals surface area contributed by atoms with Crippen molar-refractivity contribution >= 4 is 22.7 Å². The van der Waals surface area contributed by atoms with Crippen LogP contribution in [0.3, 0.4) is 0 Å². The summed E-state index contributed by atoms with van der Waals surface area (Å²) in [4.78, 5) is 37.2. The smallest absolute Gasteiger partial charge is 0.258 e. The van der Waals surface area contributed by atoms with E-state index in [-0.39, 0.29) is 58.2 Å². The topological polar surface area (TPSA) is 85.6 Å². The van der Waals surface area contributed by atoms with Gasteiger partial charge in [-0.25, -0.2) is 8.78 Å². The lowest BCUT2D eigenvalue weighted by Gasteiger charge is -2.70. The summed E-state index contributed by atoms with van der Waals surface area (Å²) in [5, 5.41) is 3.17. The van der Waals surface area contributed by atoms with Gasteiger partial charge in [0.1, 0.15) is 23.0 Å². The van der Waals surface area contributed by atoms with Crippen LogP contribution in [-0.4, -0.2) is 23.8 Å². The van der Waals surface area contributed by atoms with Crippen molar-refractivity contribution in [2.24, 2.45) is 5.41 Å². The summed E-state index contributed by atoms with van der Waals surface area (Å²) < 4.78 is 37.9. The number of Topliss-reactive ketones (excluding diaryl/α,β-unsaturated/α-hetero) is 1. The maximum atomic E-state index is 13.6. The Hall–Kier alpha value is -3.55. The Bertz CT molecular complexity index is 1340. The third kappa shape index (κ3) is 3.90. The predicted octanol–water partition coefficient (Wildman–Crippen LogP) is 4.07. The number of hydrogen-bond acceptors (Lipinski definition) is 5. The molecule has 6 nitrogen and oxygen atoms in total. The standard InChI is InChI=1S/C25H21F2NO5/c1-14-2-4-16(7-18(14)27)32-10-23(31)28-25-11-24(12-25,13-25)9-20(30)22-8-19(29)17-5-3-15(26)6-21(17)33-22/h2-8H,9-13H2,1H3,(H,28,31). The summed E-state index contributed by atoms with van der Waals surface area (Å²) in [5.74, 6) is -1.37. The second-order valence-corrected chi connectivity index (χ2v) is 9.27. The molecule has 2 bridgehead atoms. The number of amides is 1. The molecule has 0 unspecified atom stereocenters. The Morgan fingerprint density at radius 2 is 1.85 bits per heavy atom. The first-order valence-corrected chi connectivity index (χ1v) is 10.6. The van der Waals surface area contributed by atoms with E-state index in [0.717, 1.165) is 12.1 Å². The number of fused-ring (bicyclic) bond motifs is 1. The van der Waals surface area contributed by atoms with Gasteiger partial charge in [0.15, 0.2) is 23.6 Å². The summed E-state index contributed by atoms with van der Waals surface area (Å²) in [5.41, 5.74) is -0.446. The highest BCUT2D eigenvalue weighted by molar-refractivity contribution is 5.95. The van der Waals surface area contributed by atoms with Crippen LogP contribution in [0, 0.1) is 24.0 Å². The number of benzene rings is 2. The monoisotopic (exact) mass is 453 g/mol. The molecule has 1 N–H and O–H groups in total. The number of carbonyl (C=O) groups excluding carboxylic acids is 2. The predicted molar refractivity (Wildman–Crippen MR) is 115 cm³/mol. The van der Waals surface area contributed by atoms with Crippen molar-refractivity contribution in [3.8, 4) is 5.75 Å². The van der Waals surface area contributed by atoms with Gasteiger partial charge in [0.2, 0.25) is 0 Å². The molecular weight excluding hydrogens is 432 g/mol. The Kier molecular flexibility index (Phi) is 4.84. The highest BCUT2D eigenvalue weighted by Crippen LogP contribution is 2.69. The second kappa shape index (κ2) is 7.50. The van der Waals surface area contributed by atoms with E-state index in [9.17, 15) is 23.2 Å². The lowest BCUT2D eigenvalue weighted by molar-refractivity contribution is -0.164. The normalized spacial score (nSPS) is 22.9. The third-order valence-electron chi connectivity index (χ3n) is 6.56. The fourth-order valence-electron chi connectivity index (χ4n) is 5.16. The van der Waals surface area contributed by atoms with E-state index in [0.29, 0.717) is 24.8 Å². The van der Waals surface area contributed by atoms with Gasteiger partial charge in [0.05, 0.1) is 5.39 Å². The Morgan fingerprint density at radius 1 is 1.09 bits per heavy atom. The van der Waals surface area contributed by atoms with Gasteiger partial charge in [-0.05, 0) is 55.4 Å². The first-order valence-electron chi connectivity index (χ1n) is 10.6. The lowest BCUT2D eigenvalue weighted by Crippen LogP contribution is -2.75. The number of ether oxygens (including phenoxy) is 1. The van der Waals surface area contributed by atoms with E-state index in [4.69, 9.17) is 9.15 Å². The lowest BCUT2D eigenvalue weighted by atomic mass is 9.38. The molecule has 3 saturated carbocycles. The summed E-state index contributed by atoms with van der Waals surface area (Å²) in [6.45, 7) is 1.41. The zero-order chi connectivity index (χ0) is 23.4. The van der Waals surface area contributed by atoms with Crippen molar-refractivity contribution in [1.82, 2.24) is 5.32 Å². The minimum atomic E-state index is -0.552. The molecule has 8 heteroatoms. The van der Waals surface area contributed by atoms with E-state index in [1.54, 1.807) is 19.1 Å². The van der Waals surface area contributed by atoms with Crippen LogP contribution in [0.4, 0.5) is 8.78 Å². The van der Waals surface area contributed by atoms with Crippen LogP contribution in [0.15, 0.2) is 51.7 Å². The largest absolute Gasteiger partial charge is 0.484 e. The molecule has 0 spiro atoms. The average molecular weight is 453 g/mol. The van der Waals surface area contributed by atoms with Crippen molar-refractivity contribution in [1.29, 1.82) is 0 Å². The molecule has 3 aliphatic carbocycles. The minimum absolute atomic E-state index is 0.0423. The van der Waals surface area contributed by atoms with Gasteiger partial charge in [-0.1, -0.05) is 6.07 Å². The first kappa shape index (κ1) is 21.3. The zero-order valence-corrected chi connectivity index (χ0v) is 17.9. The molecule has 1 amide bonds. The second-order valence-electron chi connectivity index (χ2n) is 9.27. The van der Waals surface area contributed by atoms with Gasteiger partial charge in [-0.3, -0.25) is 14.4 Å². The SMILES string of the molecule is Cc1ccc(OCC(=O)NC23CC(CC(=O)c4cc(=O)c5ccc(F)cc5o4)(C2)C3)cc1F. The summed E-state index contributed by atoms with van der Waals surface area (Å²) in [7, 11) is 0. The molecule has 1 aromatic heterocycles. The van der Waals surface area contributed by atoms with Crippen LogP contribution >= 0.6 is 0 Å². The van der Waals surface area contributed by atoms with Crippen LogP contribution in [-0.2, 0) is 4.79 Å². The molecule has 3 fully saturated rings. The number of hydrogen-bond donors (Lipinski definition) is 1. The summed E-state index contributed by atoms with van der Waals surface area (Å²) >= 11 is 0. The van der Waals surface area contributed by atoms with Gasteiger partial charge in [0, 0.05) is 30.2 Å². The highest BCUT2D eigenvalue weighted by atomic mass is 19.1. The molecule has 2 aromatic carbocycles. The van der Waals surface area contributed by atoms with Crippen LogP contribution in [0.25, 0.3) is 11.0 Å². The van der Waals surface area contributed by atoms with Crippen molar-refractivity contribution in [3.05, 3.63) is 75.6 Å². The summed E-state index contributed by atoms with van der Waals surface area (Å²) in [6.07, 6.45) is 2.11. The Balaban J connectivity index is 1.16. The van der Waals surface area contributed by atoms with Gasteiger partial charge in [-0.2, -0.15) is 0 Å². The molecule has 33 heavy (non-hydrogen) atoms. The Labute approximate surface area is 187 Å². The van der Waals surface area contributed by atoms with Gasteiger partial charge >= 0.3 is 0 Å². The van der Waals surface area contributed by atoms with Gasteiger partial charge < -0.3 is 14.5 Å². The molecule has 3 aliphatic rings.